The lowest BCUT2D eigenvalue weighted by Crippen LogP contribution is -2.36. The molecule has 0 unspecified atom stereocenters. The zero-order chi connectivity index (χ0) is 24.0. The number of halogens is 2. The van der Waals surface area contributed by atoms with Crippen molar-refractivity contribution in [2.45, 2.75) is 71.7 Å². The monoisotopic (exact) mass is 485 g/mol. The van der Waals surface area contributed by atoms with E-state index in [1.807, 2.05) is 13.8 Å². The molecule has 1 fully saturated rings. The molecule has 1 aliphatic carbocycles. The average Bonchev–Trinajstić information content (AvgIpc) is 3.38. The second kappa shape index (κ2) is 9.15. The van der Waals surface area contributed by atoms with E-state index in [0.29, 0.717) is 35.5 Å². The van der Waals surface area contributed by atoms with Gasteiger partial charge >= 0.3 is 0 Å². The number of aromatic nitrogens is 3. The fourth-order valence-electron chi connectivity index (χ4n) is 5.05. The van der Waals surface area contributed by atoms with Gasteiger partial charge in [-0.25, -0.2) is 13.9 Å². The standard InChI is InChI=1S/C25H29ClFN5O2/c1-4-28-17-6-8-18(9-7-17)34-22-11-16(27)5-10-19(22)25(33)31-12-20-21(13-31)30-32-15(3)23(26)14(2)29-24(20)32/h5,10-11,17-18,28H,4,6-9,12-13H2,1-3H3/t17-,18+. The molecule has 0 bridgehead atoms. The van der Waals surface area contributed by atoms with Gasteiger partial charge in [-0.3, -0.25) is 4.79 Å². The third-order valence-electron chi connectivity index (χ3n) is 6.88. The van der Waals surface area contributed by atoms with Crippen molar-refractivity contribution in [2.24, 2.45) is 0 Å². The largest absolute Gasteiger partial charge is 0.489 e. The molecule has 34 heavy (non-hydrogen) atoms. The van der Waals surface area contributed by atoms with Crippen molar-refractivity contribution in [3.05, 3.63) is 57.2 Å². The van der Waals surface area contributed by atoms with E-state index in [-0.39, 0.29) is 12.0 Å². The summed E-state index contributed by atoms with van der Waals surface area (Å²) in [5.41, 5.74) is 4.38. The van der Waals surface area contributed by atoms with Gasteiger partial charge in [0.05, 0.1) is 46.9 Å². The fraction of sp³-hybridized carbons (Fsp3) is 0.480. The predicted octanol–water partition coefficient (Wildman–Crippen LogP) is 4.59. The Kier molecular flexibility index (Phi) is 6.20. The van der Waals surface area contributed by atoms with Crippen LogP contribution < -0.4 is 10.1 Å². The van der Waals surface area contributed by atoms with Gasteiger partial charge in [-0.1, -0.05) is 18.5 Å². The normalized spacial score (nSPS) is 20.1. The van der Waals surface area contributed by atoms with Gasteiger partial charge in [0, 0.05) is 17.7 Å². The van der Waals surface area contributed by atoms with Gasteiger partial charge in [0.2, 0.25) is 0 Å². The van der Waals surface area contributed by atoms with Crippen LogP contribution in [0, 0.1) is 19.7 Å². The number of carbonyl (C=O) groups excluding carboxylic acids is 1. The summed E-state index contributed by atoms with van der Waals surface area (Å²) in [5.74, 6) is -0.301. The van der Waals surface area contributed by atoms with Gasteiger partial charge in [0.25, 0.3) is 5.91 Å². The second-order valence-corrected chi connectivity index (χ2v) is 9.59. The lowest BCUT2D eigenvalue weighted by Gasteiger charge is -2.30. The Morgan fingerprint density at radius 1 is 1.24 bits per heavy atom. The van der Waals surface area contributed by atoms with Crippen molar-refractivity contribution in [3.8, 4) is 5.75 Å². The molecule has 7 nitrogen and oxygen atoms in total. The first-order valence-corrected chi connectivity index (χ1v) is 12.3. The van der Waals surface area contributed by atoms with E-state index >= 15 is 0 Å². The van der Waals surface area contributed by atoms with Crippen LogP contribution in [0.2, 0.25) is 5.02 Å². The van der Waals surface area contributed by atoms with Crippen molar-refractivity contribution < 1.29 is 13.9 Å². The number of rotatable bonds is 5. The van der Waals surface area contributed by atoms with Crippen LogP contribution in [-0.4, -0.2) is 44.1 Å². The van der Waals surface area contributed by atoms with E-state index in [1.165, 1.54) is 18.2 Å². The summed E-state index contributed by atoms with van der Waals surface area (Å²) in [5, 5.41) is 8.72. The summed E-state index contributed by atoms with van der Waals surface area (Å²) in [4.78, 5) is 19.8. The minimum Gasteiger partial charge on any atom is -0.489 e. The van der Waals surface area contributed by atoms with E-state index in [2.05, 4.69) is 22.3 Å². The molecule has 0 atom stereocenters. The minimum atomic E-state index is -0.415. The number of hydrogen-bond acceptors (Lipinski definition) is 5. The molecule has 0 spiro atoms. The van der Waals surface area contributed by atoms with Crippen LogP contribution >= 0.6 is 11.6 Å². The second-order valence-electron chi connectivity index (χ2n) is 9.21. The molecule has 9 heteroatoms. The summed E-state index contributed by atoms with van der Waals surface area (Å²) in [6, 6.07) is 4.65. The molecule has 3 aromatic rings. The van der Waals surface area contributed by atoms with Crippen molar-refractivity contribution in [1.29, 1.82) is 0 Å². The van der Waals surface area contributed by atoms with Crippen LogP contribution in [0.4, 0.5) is 4.39 Å². The van der Waals surface area contributed by atoms with Gasteiger partial charge in [0.1, 0.15) is 11.6 Å². The molecular weight excluding hydrogens is 457 g/mol. The van der Waals surface area contributed by atoms with Crippen LogP contribution in [0.25, 0.3) is 5.65 Å². The Bertz CT molecular complexity index is 1250. The average molecular weight is 486 g/mol. The Morgan fingerprint density at radius 2 is 2.00 bits per heavy atom. The summed E-state index contributed by atoms with van der Waals surface area (Å²) < 4.78 is 22.0. The zero-order valence-electron chi connectivity index (χ0n) is 19.7. The van der Waals surface area contributed by atoms with Crippen molar-refractivity contribution in [3.63, 3.8) is 0 Å². The van der Waals surface area contributed by atoms with Crippen LogP contribution in [0.1, 0.15) is 65.6 Å². The zero-order valence-corrected chi connectivity index (χ0v) is 20.5. The Morgan fingerprint density at radius 3 is 2.74 bits per heavy atom. The molecule has 3 heterocycles. The number of benzene rings is 1. The smallest absolute Gasteiger partial charge is 0.258 e. The summed E-state index contributed by atoms with van der Waals surface area (Å²) >= 11 is 6.34. The van der Waals surface area contributed by atoms with Crippen LogP contribution in [0.3, 0.4) is 0 Å². The number of aryl methyl sites for hydroxylation is 2. The summed E-state index contributed by atoms with van der Waals surface area (Å²) in [6.45, 7) is 7.57. The highest BCUT2D eigenvalue weighted by Gasteiger charge is 2.32. The minimum absolute atomic E-state index is 0.0249. The number of ether oxygens (including phenoxy) is 1. The molecule has 1 aromatic carbocycles. The first-order chi connectivity index (χ1) is 16.4. The van der Waals surface area contributed by atoms with Crippen molar-refractivity contribution in [1.82, 2.24) is 24.8 Å². The molecule has 1 N–H and O–H groups in total. The maximum atomic E-state index is 14.1. The molecule has 1 aliphatic heterocycles. The first kappa shape index (κ1) is 23.1. The van der Waals surface area contributed by atoms with E-state index < -0.39 is 5.82 Å². The maximum Gasteiger partial charge on any atom is 0.258 e. The third kappa shape index (κ3) is 4.14. The molecule has 2 aliphatic rings. The molecule has 1 amide bonds. The number of hydrogen-bond donors (Lipinski definition) is 1. The summed E-state index contributed by atoms with van der Waals surface area (Å²) in [7, 11) is 0. The number of nitrogens with zero attached hydrogens (tertiary/aromatic N) is 4. The van der Waals surface area contributed by atoms with Crippen molar-refractivity contribution in [2.75, 3.05) is 6.54 Å². The number of amides is 1. The molecule has 2 aromatic heterocycles. The predicted molar refractivity (Wildman–Crippen MR) is 128 cm³/mol. The first-order valence-electron chi connectivity index (χ1n) is 11.9. The highest BCUT2D eigenvalue weighted by molar-refractivity contribution is 6.31. The van der Waals surface area contributed by atoms with E-state index in [4.69, 9.17) is 16.3 Å². The lowest BCUT2D eigenvalue weighted by molar-refractivity contribution is 0.0737. The number of fused-ring (bicyclic) bond motifs is 3. The van der Waals surface area contributed by atoms with E-state index in [1.54, 1.807) is 9.42 Å². The molecule has 1 saturated carbocycles. The topological polar surface area (TPSA) is 71.8 Å². The van der Waals surface area contributed by atoms with Gasteiger partial charge in [-0.2, -0.15) is 5.10 Å². The fourth-order valence-corrected chi connectivity index (χ4v) is 5.17. The number of nitrogens with one attached hydrogen (secondary N) is 1. The SMILES string of the molecule is CCN[C@H]1CC[C@@H](Oc2cc(F)ccc2C(=O)N2Cc3nn4c(C)c(Cl)c(C)nc4c3C2)CC1. The Hall–Kier alpha value is -2.71. The van der Waals surface area contributed by atoms with E-state index in [9.17, 15) is 9.18 Å². The van der Waals surface area contributed by atoms with Crippen LogP contribution in [0.5, 0.6) is 5.75 Å². The van der Waals surface area contributed by atoms with Crippen LogP contribution in [-0.2, 0) is 13.1 Å². The van der Waals surface area contributed by atoms with Gasteiger partial charge in [-0.15, -0.1) is 0 Å². The molecule has 0 radical (unpaired) electrons. The molecular formula is C25H29ClFN5O2. The van der Waals surface area contributed by atoms with Gasteiger partial charge in [0.15, 0.2) is 5.65 Å². The van der Waals surface area contributed by atoms with Crippen LogP contribution in [0.15, 0.2) is 18.2 Å². The third-order valence-corrected chi connectivity index (χ3v) is 7.42. The van der Waals surface area contributed by atoms with Gasteiger partial charge in [-0.05, 0) is 58.2 Å². The summed E-state index contributed by atoms with van der Waals surface area (Å²) in [6.07, 6.45) is 3.74. The molecule has 180 valence electrons. The highest BCUT2D eigenvalue weighted by atomic mass is 35.5. The molecule has 5 rings (SSSR count). The highest BCUT2D eigenvalue weighted by Crippen LogP contribution is 2.33. The lowest BCUT2D eigenvalue weighted by atomic mass is 9.93. The Labute approximate surface area is 203 Å². The Balaban J connectivity index is 1.35. The maximum absolute atomic E-state index is 14.1. The number of carbonyl (C=O) groups is 1. The van der Waals surface area contributed by atoms with Crippen molar-refractivity contribution >= 4 is 23.2 Å². The molecule has 0 saturated heterocycles. The van der Waals surface area contributed by atoms with E-state index in [0.717, 1.165) is 60.5 Å². The quantitative estimate of drug-likeness (QED) is 0.572. The van der Waals surface area contributed by atoms with Gasteiger partial charge < -0.3 is 15.0 Å².